The molecular weight excluding hydrogens is 262 g/mol. The van der Waals surface area contributed by atoms with Crippen LogP contribution in [0.5, 0.6) is 0 Å². The third-order valence-corrected chi connectivity index (χ3v) is 4.63. The first-order valence-electron chi connectivity index (χ1n) is 5.83. The smallest absolute Gasteiger partial charge is 0.0346 e. The van der Waals surface area contributed by atoms with Gasteiger partial charge in [0.15, 0.2) is 0 Å². The van der Waals surface area contributed by atoms with Gasteiger partial charge in [-0.15, -0.1) is 0 Å². The molecular formula is C14H14BrN. The molecule has 1 aromatic carbocycles. The van der Waals surface area contributed by atoms with Crippen LogP contribution in [0.2, 0.25) is 0 Å². The molecule has 1 fully saturated rings. The second kappa shape index (κ2) is 4.17. The van der Waals surface area contributed by atoms with Gasteiger partial charge in [0, 0.05) is 22.6 Å². The van der Waals surface area contributed by atoms with E-state index in [1.807, 2.05) is 12.4 Å². The zero-order valence-electron chi connectivity index (χ0n) is 9.07. The summed E-state index contributed by atoms with van der Waals surface area (Å²) in [4.78, 5) is 5.00. The highest BCUT2D eigenvalue weighted by Crippen LogP contribution is 2.41. The summed E-state index contributed by atoms with van der Waals surface area (Å²) < 4.78 is 0. The molecule has 16 heavy (non-hydrogen) atoms. The second-order valence-corrected chi connectivity index (χ2v) is 5.68. The van der Waals surface area contributed by atoms with Crippen LogP contribution in [-0.4, -0.2) is 9.81 Å². The third-order valence-electron chi connectivity index (χ3n) is 3.53. The number of alkyl halides is 1. The average molecular weight is 276 g/mol. The first-order valence-corrected chi connectivity index (χ1v) is 6.74. The number of rotatable bonds is 1. The van der Waals surface area contributed by atoms with E-state index in [1.165, 1.54) is 35.6 Å². The average Bonchev–Trinajstić information content (AvgIpc) is 2.75. The lowest BCUT2D eigenvalue weighted by Gasteiger charge is -2.16. The summed E-state index contributed by atoms with van der Waals surface area (Å²) in [6.45, 7) is 0. The number of hydrogen-bond donors (Lipinski definition) is 0. The van der Waals surface area contributed by atoms with Crippen LogP contribution in [0.15, 0.2) is 36.7 Å². The van der Waals surface area contributed by atoms with E-state index in [2.05, 4.69) is 45.2 Å². The topological polar surface area (TPSA) is 12.9 Å². The molecule has 2 unspecified atom stereocenters. The molecule has 0 radical (unpaired) electrons. The molecule has 0 amide bonds. The van der Waals surface area contributed by atoms with Crippen molar-refractivity contribution in [1.82, 2.24) is 4.98 Å². The lowest BCUT2D eigenvalue weighted by molar-refractivity contribution is 0.745. The van der Waals surface area contributed by atoms with Crippen LogP contribution in [0, 0.1) is 0 Å². The number of halogens is 1. The van der Waals surface area contributed by atoms with E-state index in [4.69, 9.17) is 0 Å². The van der Waals surface area contributed by atoms with E-state index in [0.717, 1.165) is 0 Å². The number of fused-ring (bicyclic) bond motifs is 1. The Balaban J connectivity index is 2.16. The molecule has 0 bridgehead atoms. The van der Waals surface area contributed by atoms with Crippen LogP contribution in [0.4, 0.5) is 0 Å². The molecule has 2 aromatic rings. The highest BCUT2D eigenvalue weighted by Gasteiger charge is 2.27. The van der Waals surface area contributed by atoms with Crippen molar-refractivity contribution in [3.63, 3.8) is 0 Å². The van der Waals surface area contributed by atoms with Gasteiger partial charge >= 0.3 is 0 Å². The van der Waals surface area contributed by atoms with Crippen molar-refractivity contribution in [2.75, 3.05) is 0 Å². The Labute approximate surface area is 104 Å². The fourth-order valence-electron chi connectivity index (χ4n) is 2.70. The molecule has 0 spiro atoms. The Morgan fingerprint density at radius 2 is 2.00 bits per heavy atom. The first-order chi connectivity index (χ1) is 7.86. The zero-order chi connectivity index (χ0) is 11.0. The minimum absolute atomic E-state index is 0.625. The van der Waals surface area contributed by atoms with Crippen LogP contribution in [-0.2, 0) is 0 Å². The maximum absolute atomic E-state index is 4.37. The normalized spacial score (nSPS) is 25.1. The summed E-state index contributed by atoms with van der Waals surface area (Å²) in [5.74, 6) is 0.638. The summed E-state index contributed by atoms with van der Waals surface area (Å²) in [6.07, 6.45) is 7.90. The number of nitrogens with zero attached hydrogens (tertiary/aromatic N) is 1. The number of hydrogen-bond acceptors (Lipinski definition) is 1. The molecule has 1 saturated carbocycles. The van der Waals surface area contributed by atoms with Gasteiger partial charge in [0.05, 0.1) is 0 Å². The Kier molecular flexibility index (Phi) is 2.68. The Morgan fingerprint density at radius 3 is 2.81 bits per heavy atom. The summed E-state index contributed by atoms with van der Waals surface area (Å²) >= 11 is 3.80. The standard InChI is InChI=1S/C14H14BrN/c15-14-7-3-6-12(14)13-9-16-8-10-4-1-2-5-11(10)13/h1-2,4-5,8-9,12,14H,3,6-7H2. The number of pyridine rings is 1. The van der Waals surface area contributed by atoms with Crippen molar-refractivity contribution in [2.45, 2.75) is 30.0 Å². The molecule has 1 heterocycles. The zero-order valence-corrected chi connectivity index (χ0v) is 10.7. The van der Waals surface area contributed by atoms with Crippen LogP contribution in [0.1, 0.15) is 30.7 Å². The molecule has 1 aromatic heterocycles. The van der Waals surface area contributed by atoms with E-state index in [-0.39, 0.29) is 0 Å². The Hall–Kier alpha value is -0.890. The number of aromatic nitrogens is 1. The SMILES string of the molecule is BrC1CCCC1c1cncc2ccccc12. The van der Waals surface area contributed by atoms with Crippen molar-refractivity contribution < 1.29 is 0 Å². The van der Waals surface area contributed by atoms with Crippen LogP contribution in [0.25, 0.3) is 10.8 Å². The highest BCUT2D eigenvalue weighted by molar-refractivity contribution is 9.09. The molecule has 0 N–H and O–H groups in total. The van der Waals surface area contributed by atoms with Gasteiger partial charge in [-0.2, -0.15) is 0 Å². The minimum Gasteiger partial charge on any atom is -0.264 e. The Morgan fingerprint density at radius 1 is 1.12 bits per heavy atom. The summed E-state index contributed by atoms with van der Waals surface area (Å²) in [5, 5.41) is 2.63. The van der Waals surface area contributed by atoms with Crippen LogP contribution >= 0.6 is 15.9 Å². The third kappa shape index (κ3) is 1.65. The minimum atomic E-state index is 0.625. The quantitative estimate of drug-likeness (QED) is 0.709. The predicted molar refractivity (Wildman–Crippen MR) is 71.1 cm³/mol. The maximum atomic E-state index is 4.37. The van der Waals surface area contributed by atoms with Crippen LogP contribution in [0.3, 0.4) is 0 Å². The van der Waals surface area contributed by atoms with Gasteiger partial charge in [-0.3, -0.25) is 4.98 Å². The second-order valence-electron chi connectivity index (χ2n) is 4.50. The van der Waals surface area contributed by atoms with Gasteiger partial charge in [-0.1, -0.05) is 46.6 Å². The van der Waals surface area contributed by atoms with Crippen molar-refractivity contribution in [3.05, 3.63) is 42.2 Å². The van der Waals surface area contributed by atoms with Gasteiger partial charge in [-0.05, 0) is 29.7 Å². The van der Waals surface area contributed by atoms with E-state index in [0.29, 0.717) is 10.7 Å². The molecule has 1 aliphatic carbocycles. The summed E-state index contributed by atoms with van der Waals surface area (Å²) in [7, 11) is 0. The van der Waals surface area contributed by atoms with Crippen LogP contribution < -0.4 is 0 Å². The van der Waals surface area contributed by atoms with Crippen molar-refractivity contribution in [3.8, 4) is 0 Å². The molecule has 3 rings (SSSR count). The van der Waals surface area contributed by atoms with Crippen molar-refractivity contribution in [1.29, 1.82) is 0 Å². The monoisotopic (exact) mass is 275 g/mol. The van der Waals surface area contributed by atoms with Crippen molar-refractivity contribution >= 4 is 26.7 Å². The van der Waals surface area contributed by atoms with E-state index >= 15 is 0 Å². The van der Waals surface area contributed by atoms with E-state index in [1.54, 1.807) is 0 Å². The predicted octanol–water partition coefficient (Wildman–Crippen LogP) is 4.27. The highest BCUT2D eigenvalue weighted by atomic mass is 79.9. The van der Waals surface area contributed by atoms with Gasteiger partial charge in [0.1, 0.15) is 0 Å². The fraction of sp³-hybridized carbons (Fsp3) is 0.357. The van der Waals surface area contributed by atoms with Gasteiger partial charge in [0.25, 0.3) is 0 Å². The lowest BCUT2D eigenvalue weighted by Crippen LogP contribution is -2.05. The van der Waals surface area contributed by atoms with Gasteiger partial charge in [0.2, 0.25) is 0 Å². The van der Waals surface area contributed by atoms with E-state index < -0.39 is 0 Å². The molecule has 1 nitrogen and oxygen atoms in total. The fourth-order valence-corrected chi connectivity index (χ4v) is 3.57. The molecule has 1 aliphatic rings. The largest absolute Gasteiger partial charge is 0.264 e. The molecule has 82 valence electrons. The van der Waals surface area contributed by atoms with Gasteiger partial charge < -0.3 is 0 Å². The van der Waals surface area contributed by atoms with Gasteiger partial charge in [-0.25, -0.2) is 0 Å². The molecule has 2 atom stereocenters. The maximum Gasteiger partial charge on any atom is 0.0346 e. The molecule has 0 saturated heterocycles. The Bertz CT molecular complexity index is 504. The first kappa shape index (κ1) is 10.3. The lowest BCUT2D eigenvalue weighted by atomic mass is 9.94. The summed E-state index contributed by atoms with van der Waals surface area (Å²) in [6, 6.07) is 8.55. The van der Waals surface area contributed by atoms with E-state index in [9.17, 15) is 0 Å². The van der Waals surface area contributed by atoms with Crippen molar-refractivity contribution in [2.24, 2.45) is 0 Å². The molecule has 0 aliphatic heterocycles. The molecule has 2 heteroatoms. The summed E-state index contributed by atoms with van der Waals surface area (Å²) in [5.41, 5.74) is 1.41. The number of benzene rings is 1.